The molecule has 2 nitrogen and oxygen atoms in total. The third-order valence-electron chi connectivity index (χ3n) is 4.92. The van der Waals surface area contributed by atoms with E-state index in [1.165, 1.54) is 11.1 Å². The number of piperidine rings is 1. The fourth-order valence-electron chi connectivity index (χ4n) is 3.31. The molecule has 3 rings (SSSR count). The minimum absolute atomic E-state index is 0.169. The molecule has 1 heterocycles. The summed E-state index contributed by atoms with van der Waals surface area (Å²) >= 11 is 0. The average Bonchev–Trinajstić information content (AvgIpc) is 2.66. The van der Waals surface area contributed by atoms with Crippen molar-refractivity contribution in [3.05, 3.63) is 81.9 Å². The molecule has 0 aliphatic carbocycles. The third-order valence-corrected chi connectivity index (χ3v) is 4.92. The summed E-state index contributed by atoms with van der Waals surface area (Å²) < 4.78 is 0. The van der Waals surface area contributed by atoms with E-state index < -0.39 is 0 Å². The molecule has 134 valence electrons. The Hall–Kier alpha value is -2.45. The number of nitrogens with zero attached hydrogens (tertiary/aromatic N) is 1. The smallest absolute Gasteiger partial charge is 0.187 e. The SMILES string of the molecule is CCc1ccc(/C=C2/CN(C)C/C(=C\c3ccc(CC)cc3)C2=O)cc1. The van der Waals surface area contributed by atoms with Crippen LogP contribution in [0.4, 0.5) is 0 Å². The number of carbonyl (C=O) groups is 1. The molecule has 0 bridgehead atoms. The number of likely N-dealkylation sites (N-methyl/N-ethyl adjacent to an activating group) is 1. The normalized spacial score (nSPS) is 18.7. The Morgan fingerprint density at radius 1 is 0.769 bits per heavy atom. The van der Waals surface area contributed by atoms with Crippen LogP contribution in [0.5, 0.6) is 0 Å². The van der Waals surface area contributed by atoms with Crippen LogP contribution < -0.4 is 0 Å². The van der Waals surface area contributed by atoms with E-state index in [0.717, 1.165) is 35.1 Å². The van der Waals surface area contributed by atoms with Crippen LogP contribution in [0.3, 0.4) is 0 Å². The maximum Gasteiger partial charge on any atom is 0.187 e. The molecular formula is C24H27NO. The number of likely N-dealkylation sites (tertiary alicyclic amines) is 1. The molecule has 1 aliphatic heterocycles. The first-order valence-electron chi connectivity index (χ1n) is 9.41. The van der Waals surface area contributed by atoms with Crippen LogP contribution in [0.15, 0.2) is 59.7 Å². The summed E-state index contributed by atoms with van der Waals surface area (Å²) in [6.45, 7) is 5.69. The molecule has 0 N–H and O–H groups in total. The van der Waals surface area contributed by atoms with Gasteiger partial charge in [-0.15, -0.1) is 0 Å². The van der Waals surface area contributed by atoms with Gasteiger partial charge < -0.3 is 0 Å². The number of carbonyl (C=O) groups excluding carboxylic acids is 1. The van der Waals surface area contributed by atoms with Crippen molar-refractivity contribution < 1.29 is 4.79 Å². The Labute approximate surface area is 156 Å². The quantitative estimate of drug-likeness (QED) is 0.742. The zero-order valence-electron chi connectivity index (χ0n) is 16.0. The van der Waals surface area contributed by atoms with E-state index >= 15 is 0 Å². The standard InChI is InChI=1S/C24H27NO/c1-4-18-6-10-20(11-7-18)14-22-16-25(3)17-23(24(22)26)15-21-12-8-19(5-2)9-13-21/h6-15H,4-5,16-17H2,1-3H3/b22-14-,23-15+. The van der Waals surface area contributed by atoms with Gasteiger partial charge in [0.2, 0.25) is 0 Å². The van der Waals surface area contributed by atoms with E-state index in [1.54, 1.807) is 0 Å². The molecule has 0 atom stereocenters. The van der Waals surface area contributed by atoms with Crippen molar-refractivity contribution in [2.24, 2.45) is 0 Å². The maximum absolute atomic E-state index is 13.0. The second kappa shape index (κ2) is 8.29. The molecule has 2 aromatic carbocycles. The molecule has 0 radical (unpaired) electrons. The molecule has 0 spiro atoms. The van der Waals surface area contributed by atoms with Crippen LogP contribution in [0.1, 0.15) is 36.1 Å². The number of aryl methyl sites for hydroxylation is 2. The molecule has 0 saturated carbocycles. The predicted molar refractivity (Wildman–Crippen MR) is 110 cm³/mol. The van der Waals surface area contributed by atoms with E-state index in [4.69, 9.17) is 0 Å². The van der Waals surface area contributed by atoms with E-state index in [-0.39, 0.29) is 5.78 Å². The predicted octanol–water partition coefficient (Wildman–Crippen LogP) is 4.79. The lowest BCUT2D eigenvalue weighted by Crippen LogP contribution is -2.34. The molecule has 2 heteroatoms. The number of benzene rings is 2. The Balaban J connectivity index is 1.86. The van der Waals surface area contributed by atoms with Gasteiger partial charge in [0, 0.05) is 24.2 Å². The highest BCUT2D eigenvalue weighted by Gasteiger charge is 2.23. The minimum atomic E-state index is 0.169. The number of rotatable bonds is 4. The molecular weight excluding hydrogens is 318 g/mol. The van der Waals surface area contributed by atoms with Gasteiger partial charge in [0.05, 0.1) is 0 Å². The lowest BCUT2D eigenvalue weighted by atomic mass is 9.94. The monoisotopic (exact) mass is 345 g/mol. The van der Waals surface area contributed by atoms with Gasteiger partial charge in [-0.2, -0.15) is 0 Å². The average molecular weight is 345 g/mol. The van der Waals surface area contributed by atoms with Crippen LogP contribution in [-0.2, 0) is 17.6 Å². The minimum Gasteiger partial charge on any atom is -0.298 e. The van der Waals surface area contributed by atoms with Gasteiger partial charge in [-0.1, -0.05) is 62.4 Å². The maximum atomic E-state index is 13.0. The fourth-order valence-corrected chi connectivity index (χ4v) is 3.31. The zero-order valence-corrected chi connectivity index (χ0v) is 16.0. The van der Waals surface area contributed by atoms with Crippen LogP contribution in [0.25, 0.3) is 12.2 Å². The molecule has 0 aromatic heterocycles. The highest BCUT2D eigenvalue weighted by molar-refractivity contribution is 6.14. The first-order chi connectivity index (χ1) is 12.6. The van der Waals surface area contributed by atoms with Gasteiger partial charge in [-0.3, -0.25) is 9.69 Å². The summed E-state index contributed by atoms with van der Waals surface area (Å²) in [5.74, 6) is 0.169. The second-order valence-electron chi connectivity index (χ2n) is 7.03. The Kier molecular flexibility index (Phi) is 5.85. The van der Waals surface area contributed by atoms with Crippen LogP contribution in [-0.4, -0.2) is 30.8 Å². The van der Waals surface area contributed by atoms with Gasteiger partial charge in [0.1, 0.15) is 0 Å². The number of hydrogen-bond acceptors (Lipinski definition) is 2. The van der Waals surface area contributed by atoms with E-state index in [9.17, 15) is 4.79 Å². The number of ketones is 1. The van der Waals surface area contributed by atoms with Crippen molar-refractivity contribution in [3.8, 4) is 0 Å². The molecule has 1 aliphatic rings. The van der Waals surface area contributed by atoms with Gasteiger partial charge in [-0.05, 0) is 54.3 Å². The van der Waals surface area contributed by atoms with Gasteiger partial charge in [-0.25, -0.2) is 0 Å². The molecule has 0 amide bonds. The lowest BCUT2D eigenvalue weighted by molar-refractivity contribution is -0.113. The topological polar surface area (TPSA) is 20.3 Å². The second-order valence-corrected chi connectivity index (χ2v) is 7.03. The largest absolute Gasteiger partial charge is 0.298 e. The van der Waals surface area contributed by atoms with E-state index in [1.807, 2.05) is 12.2 Å². The molecule has 1 saturated heterocycles. The van der Waals surface area contributed by atoms with Crippen molar-refractivity contribution in [2.75, 3.05) is 20.1 Å². The lowest BCUT2D eigenvalue weighted by Gasteiger charge is -2.26. The van der Waals surface area contributed by atoms with Crippen molar-refractivity contribution in [1.82, 2.24) is 4.90 Å². The van der Waals surface area contributed by atoms with Crippen LogP contribution in [0.2, 0.25) is 0 Å². The summed E-state index contributed by atoms with van der Waals surface area (Å²) in [5.41, 5.74) is 6.53. The van der Waals surface area contributed by atoms with E-state index in [0.29, 0.717) is 13.1 Å². The first-order valence-corrected chi connectivity index (χ1v) is 9.41. The van der Waals surface area contributed by atoms with Gasteiger partial charge in [0.15, 0.2) is 5.78 Å². The zero-order chi connectivity index (χ0) is 18.5. The summed E-state index contributed by atoms with van der Waals surface area (Å²) in [4.78, 5) is 15.2. The Morgan fingerprint density at radius 3 is 1.50 bits per heavy atom. The van der Waals surface area contributed by atoms with Crippen molar-refractivity contribution >= 4 is 17.9 Å². The van der Waals surface area contributed by atoms with Crippen LogP contribution in [0, 0.1) is 0 Å². The summed E-state index contributed by atoms with van der Waals surface area (Å²) in [5, 5.41) is 0. The van der Waals surface area contributed by atoms with Gasteiger partial charge >= 0.3 is 0 Å². The van der Waals surface area contributed by atoms with E-state index in [2.05, 4.69) is 74.3 Å². The third kappa shape index (κ3) is 4.39. The van der Waals surface area contributed by atoms with Crippen molar-refractivity contribution in [2.45, 2.75) is 26.7 Å². The molecule has 1 fully saturated rings. The highest BCUT2D eigenvalue weighted by Crippen LogP contribution is 2.21. The van der Waals surface area contributed by atoms with Crippen molar-refractivity contribution in [3.63, 3.8) is 0 Å². The molecule has 2 aromatic rings. The highest BCUT2D eigenvalue weighted by atomic mass is 16.1. The summed E-state index contributed by atoms with van der Waals surface area (Å²) in [6, 6.07) is 16.9. The molecule has 0 unspecified atom stereocenters. The first kappa shape index (κ1) is 18.3. The van der Waals surface area contributed by atoms with Crippen LogP contribution >= 0.6 is 0 Å². The summed E-state index contributed by atoms with van der Waals surface area (Å²) in [6.07, 6.45) is 6.13. The Bertz CT molecular complexity index is 756. The summed E-state index contributed by atoms with van der Waals surface area (Å²) in [7, 11) is 2.06. The molecule has 26 heavy (non-hydrogen) atoms. The fraction of sp³-hybridized carbons (Fsp3) is 0.292. The van der Waals surface area contributed by atoms with Gasteiger partial charge in [0.25, 0.3) is 0 Å². The van der Waals surface area contributed by atoms with Crippen molar-refractivity contribution in [1.29, 1.82) is 0 Å². The Morgan fingerprint density at radius 2 is 1.15 bits per heavy atom. The number of hydrogen-bond donors (Lipinski definition) is 0. The number of Topliss-reactive ketones (excluding diaryl/α,β-unsaturated/α-hetero) is 1.